The highest BCUT2D eigenvalue weighted by molar-refractivity contribution is 5.81. The molecule has 1 aliphatic rings. The van der Waals surface area contributed by atoms with Gasteiger partial charge in [0, 0.05) is 37.3 Å². The normalized spacial score (nSPS) is 13.8. The Morgan fingerprint density at radius 2 is 1.95 bits per heavy atom. The van der Waals surface area contributed by atoms with E-state index in [-0.39, 0.29) is 11.4 Å². The third-order valence-corrected chi connectivity index (χ3v) is 6.55. The Morgan fingerprint density at radius 1 is 1.13 bits per heavy atom. The Labute approximate surface area is 213 Å². The van der Waals surface area contributed by atoms with Gasteiger partial charge in [-0.3, -0.25) is 0 Å². The van der Waals surface area contributed by atoms with Gasteiger partial charge in [-0.15, -0.1) is 0 Å². The lowest BCUT2D eigenvalue weighted by molar-refractivity contribution is -0.140. The van der Waals surface area contributed by atoms with Crippen LogP contribution in [-0.4, -0.2) is 41.6 Å². The molecule has 0 amide bonds. The fourth-order valence-electron chi connectivity index (χ4n) is 4.56. The van der Waals surface area contributed by atoms with Crippen molar-refractivity contribution in [3.8, 4) is 28.7 Å². The molecule has 8 nitrogen and oxygen atoms in total. The summed E-state index contributed by atoms with van der Waals surface area (Å²) < 4.78 is 60.8. The van der Waals surface area contributed by atoms with Gasteiger partial charge in [0.25, 0.3) is 0 Å². The number of methoxy groups -OCH3 is 1. The van der Waals surface area contributed by atoms with Crippen LogP contribution in [-0.2, 0) is 19.6 Å². The van der Waals surface area contributed by atoms with Gasteiger partial charge < -0.3 is 14.3 Å². The van der Waals surface area contributed by atoms with Crippen molar-refractivity contribution in [1.29, 1.82) is 0 Å². The van der Waals surface area contributed by atoms with Gasteiger partial charge in [0.2, 0.25) is 5.88 Å². The van der Waals surface area contributed by atoms with Crippen LogP contribution in [0.5, 0.6) is 5.88 Å². The smallest absolute Gasteiger partial charge is 0.434 e. The number of halogens is 4. The quantitative estimate of drug-likeness (QED) is 0.298. The molecule has 4 heterocycles. The molecular weight excluding hydrogens is 502 g/mol. The van der Waals surface area contributed by atoms with Gasteiger partial charge in [-0.2, -0.15) is 13.2 Å². The van der Waals surface area contributed by atoms with Crippen molar-refractivity contribution in [2.24, 2.45) is 7.05 Å². The van der Waals surface area contributed by atoms with Crippen molar-refractivity contribution in [3.05, 3.63) is 71.4 Å². The Morgan fingerprint density at radius 3 is 2.63 bits per heavy atom. The molecule has 4 aromatic heterocycles. The first-order valence-electron chi connectivity index (χ1n) is 11.8. The Hall–Kier alpha value is -4.35. The summed E-state index contributed by atoms with van der Waals surface area (Å²) in [6, 6.07) is 4.41. The molecule has 12 heteroatoms. The van der Waals surface area contributed by atoms with E-state index in [0.29, 0.717) is 46.2 Å². The van der Waals surface area contributed by atoms with Gasteiger partial charge in [-0.1, -0.05) is 6.07 Å². The number of aromatic nitrogens is 7. The van der Waals surface area contributed by atoms with E-state index >= 15 is 4.39 Å². The van der Waals surface area contributed by atoms with E-state index in [1.165, 1.54) is 32.6 Å². The largest absolute Gasteiger partial charge is 0.480 e. The molecule has 0 aliphatic heterocycles. The van der Waals surface area contributed by atoms with Crippen LogP contribution in [0.15, 0.2) is 43.1 Å². The Kier molecular flexibility index (Phi) is 5.62. The summed E-state index contributed by atoms with van der Waals surface area (Å²) >= 11 is 0. The lowest BCUT2D eigenvalue weighted by Crippen LogP contribution is -2.05. The monoisotopic (exact) mass is 523 g/mol. The molecule has 0 bridgehead atoms. The zero-order chi connectivity index (χ0) is 26.6. The van der Waals surface area contributed by atoms with Crippen LogP contribution >= 0.6 is 0 Å². The molecule has 38 heavy (non-hydrogen) atoms. The number of benzene rings is 1. The zero-order valence-electron chi connectivity index (χ0n) is 20.3. The maximum atomic E-state index is 15.1. The number of hydrogen-bond donors (Lipinski definition) is 1. The first-order chi connectivity index (χ1) is 18.2. The summed E-state index contributed by atoms with van der Waals surface area (Å²) in [5, 5.41) is 0. The molecule has 1 aromatic carbocycles. The Balaban J connectivity index is 1.34. The van der Waals surface area contributed by atoms with Crippen LogP contribution in [0.3, 0.4) is 0 Å². The van der Waals surface area contributed by atoms with Gasteiger partial charge in [0.15, 0.2) is 11.5 Å². The van der Waals surface area contributed by atoms with E-state index in [9.17, 15) is 13.2 Å². The van der Waals surface area contributed by atoms with Crippen molar-refractivity contribution >= 4 is 11.0 Å². The summed E-state index contributed by atoms with van der Waals surface area (Å²) in [5.41, 5.74) is 3.22. The van der Waals surface area contributed by atoms with Gasteiger partial charge >= 0.3 is 6.18 Å². The number of alkyl halides is 3. The third kappa shape index (κ3) is 4.25. The second kappa shape index (κ2) is 8.89. The minimum Gasteiger partial charge on any atom is -0.480 e. The number of rotatable bonds is 6. The highest BCUT2D eigenvalue weighted by Crippen LogP contribution is 2.45. The number of imidazole rings is 1. The van der Waals surface area contributed by atoms with E-state index in [1.807, 2.05) is 0 Å². The molecule has 194 valence electrons. The molecular formula is C26H21F4N7O. The SMILES string of the molecule is COc1ncnc(C2CC2)c1-c1ncc2[nH]cc(Cc3ccc(-c4nc(C(F)(F)F)cn4C)c(F)c3)c2n1. The van der Waals surface area contributed by atoms with Crippen molar-refractivity contribution in [2.45, 2.75) is 31.4 Å². The predicted octanol–water partition coefficient (Wildman–Crippen LogP) is 5.45. The maximum Gasteiger partial charge on any atom is 0.434 e. The topological polar surface area (TPSA) is 94.4 Å². The van der Waals surface area contributed by atoms with Gasteiger partial charge in [-0.05, 0) is 30.5 Å². The molecule has 0 unspecified atom stereocenters. The zero-order valence-corrected chi connectivity index (χ0v) is 20.3. The van der Waals surface area contributed by atoms with Crippen molar-refractivity contribution in [3.63, 3.8) is 0 Å². The summed E-state index contributed by atoms with van der Waals surface area (Å²) in [6.07, 6.45) is 3.55. The van der Waals surface area contributed by atoms with Crippen LogP contribution in [0.25, 0.3) is 33.8 Å². The first-order valence-corrected chi connectivity index (χ1v) is 11.8. The van der Waals surface area contributed by atoms with Crippen LogP contribution in [0, 0.1) is 5.82 Å². The van der Waals surface area contributed by atoms with Crippen LogP contribution in [0.1, 0.15) is 41.3 Å². The lowest BCUT2D eigenvalue weighted by atomic mass is 10.0. The van der Waals surface area contributed by atoms with E-state index in [0.717, 1.165) is 34.9 Å². The average Bonchev–Trinajstić information content (AvgIpc) is 3.56. The fourth-order valence-corrected chi connectivity index (χ4v) is 4.56. The number of H-pyrrole nitrogens is 1. The summed E-state index contributed by atoms with van der Waals surface area (Å²) in [5.74, 6) is 0.393. The molecule has 5 aromatic rings. The van der Waals surface area contributed by atoms with Crippen molar-refractivity contribution < 1.29 is 22.3 Å². The van der Waals surface area contributed by atoms with E-state index in [1.54, 1.807) is 18.5 Å². The number of nitrogens with one attached hydrogen (secondary N) is 1. The Bertz CT molecular complexity index is 1670. The average molecular weight is 523 g/mol. The van der Waals surface area contributed by atoms with E-state index in [4.69, 9.17) is 9.72 Å². The molecule has 1 saturated carbocycles. The molecule has 0 saturated heterocycles. The highest BCUT2D eigenvalue weighted by Gasteiger charge is 2.35. The molecule has 1 N–H and O–H groups in total. The highest BCUT2D eigenvalue weighted by atomic mass is 19.4. The molecule has 1 fully saturated rings. The van der Waals surface area contributed by atoms with Crippen molar-refractivity contribution in [1.82, 2.24) is 34.5 Å². The minimum absolute atomic E-state index is 0.0148. The van der Waals surface area contributed by atoms with Crippen molar-refractivity contribution in [2.75, 3.05) is 7.11 Å². The minimum atomic E-state index is -4.61. The van der Waals surface area contributed by atoms with Gasteiger partial charge in [0.05, 0.1) is 35.6 Å². The standard InChI is InChI=1S/C26H21F4N7O/c1-37-11-19(26(28,29)30)35-24(37)16-6-3-13(8-17(16)27)7-15-9-31-18-10-32-23(36-21(15)18)20-22(14-4-5-14)33-12-34-25(20)38-2/h3,6,8-12,14,31H,4-5,7H2,1-2H3. The van der Waals surface area contributed by atoms with Gasteiger partial charge in [-0.25, -0.2) is 29.3 Å². The molecule has 0 radical (unpaired) electrons. The van der Waals surface area contributed by atoms with Crippen LogP contribution in [0.2, 0.25) is 0 Å². The summed E-state index contributed by atoms with van der Waals surface area (Å²) in [6.45, 7) is 0. The lowest BCUT2D eigenvalue weighted by Gasteiger charge is -2.10. The van der Waals surface area contributed by atoms with Gasteiger partial charge in [0.1, 0.15) is 23.5 Å². The van der Waals surface area contributed by atoms with Crippen LogP contribution < -0.4 is 4.74 Å². The molecule has 0 atom stereocenters. The summed E-state index contributed by atoms with van der Waals surface area (Å²) in [7, 11) is 2.94. The number of fused-ring (bicyclic) bond motifs is 1. The fraction of sp³-hybridized carbons (Fsp3) is 0.269. The second-order valence-corrected chi connectivity index (χ2v) is 9.24. The van der Waals surface area contributed by atoms with E-state index < -0.39 is 17.7 Å². The predicted molar refractivity (Wildman–Crippen MR) is 130 cm³/mol. The number of ether oxygens (including phenoxy) is 1. The number of nitrogens with zero attached hydrogens (tertiary/aromatic N) is 6. The second-order valence-electron chi connectivity index (χ2n) is 9.24. The molecule has 1 aliphatic carbocycles. The number of aromatic amines is 1. The van der Waals surface area contributed by atoms with Crippen LogP contribution in [0.4, 0.5) is 17.6 Å². The summed E-state index contributed by atoms with van der Waals surface area (Å²) in [4.78, 5) is 24.7. The van der Waals surface area contributed by atoms with E-state index in [2.05, 4.69) is 24.9 Å². The number of hydrogen-bond acceptors (Lipinski definition) is 6. The third-order valence-electron chi connectivity index (χ3n) is 6.55. The first kappa shape index (κ1) is 24.0. The molecule has 6 rings (SSSR count). The number of aryl methyl sites for hydroxylation is 1. The molecule has 0 spiro atoms. The maximum absolute atomic E-state index is 15.1.